The summed E-state index contributed by atoms with van der Waals surface area (Å²) >= 11 is 0. The van der Waals surface area contributed by atoms with E-state index < -0.39 is 11.7 Å². The van der Waals surface area contributed by atoms with Crippen molar-refractivity contribution in [2.45, 2.75) is 39.4 Å². The quantitative estimate of drug-likeness (QED) is 0.599. The van der Waals surface area contributed by atoms with Gasteiger partial charge < -0.3 is 15.5 Å². The van der Waals surface area contributed by atoms with E-state index in [1.54, 1.807) is 0 Å². The molecule has 1 saturated heterocycles. The third kappa shape index (κ3) is 4.46. The third-order valence-electron chi connectivity index (χ3n) is 5.67. The van der Waals surface area contributed by atoms with Crippen LogP contribution in [0.4, 0.5) is 29.5 Å². The van der Waals surface area contributed by atoms with E-state index in [0.717, 1.165) is 28.2 Å². The van der Waals surface area contributed by atoms with Gasteiger partial charge in [-0.15, -0.1) is 0 Å². The Kier molecular flexibility index (Phi) is 5.66. The van der Waals surface area contributed by atoms with Crippen LogP contribution in [-0.4, -0.2) is 35.1 Å². The van der Waals surface area contributed by atoms with Crippen LogP contribution in [0.15, 0.2) is 36.4 Å². The number of carbonyl (C=O) groups excluding carboxylic acids is 1. The topological polar surface area (TPSA) is 70.2 Å². The first-order valence-electron chi connectivity index (χ1n) is 10.4. The molecule has 1 aromatic carbocycles. The highest BCUT2D eigenvalue weighted by atomic mass is 19.4. The molecule has 1 atom stereocenters. The second-order valence-corrected chi connectivity index (χ2v) is 8.08. The van der Waals surface area contributed by atoms with Gasteiger partial charge in [-0.2, -0.15) is 13.2 Å². The van der Waals surface area contributed by atoms with Gasteiger partial charge in [0.1, 0.15) is 5.82 Å². The van der Waals surface area contributed by atoms with Gasteiger partial charge >= 0.3 is 12.2 Å². The molecule has 1 aliphatic heterocycles. The summed E-state index contributed by atoms with van der Waals surface area (Å²) in [6, 6.07) is 9.60. The van der Waals surface area contributed by atoms with Gasteiger partial charge in [0.05, 0.1) is 16.9 Å². The standard InChI is InChI=1S/C23H24F3N5O/c1-13-11-18-17(14(2)27-13)5-4-6-20(18)30-22(32)29-16-9-10-31(12-16)21-8-7-19(15(3)28-21)23(24,25)26/h4-8,11,16H,9-10,12H2,1-3H3,(H2,29,30,32). The fourth-order valence-corrected chi connectivity index (χ4v) is 4.16. The van der Waals surface area contributed by atoms with Gasteiger partial charge in [-0.1, -0.05) is 12.1 Å². The highest BCUT2D eigenvalue weighted by Crippen LogP contribution is 2.32. The molecule has 1 fully saturated rings. The second kappa shape index (κ2) is 8.29. The summed E-state index contributed by atoms with van der Waals surface area (Å²) in [5.41, 5.74) is 1.68. The van der Waals surface area contributed by atoms with Crippen molar-refractivity contribution in [1.29, 1.82) is 0 Å². The molecule has 3 heterocycles. The molecular formula is C23H24F3N5O. The van der Waals surface area contributed by atoms with Crippen molar-refractivity contribution in [2.75, 3.05) is 23.3 Å². The fourth-order valence-electron chi connectivity index (χ4n) is 4.16. The number of nitrogens with zero attached hydrogens (tertiary/aromatic N) is 3. The predicted octanol–water partition coefficient (Wildman–Crippen LogP) is 4.97. The molecule has 0 bridgehead atoms. The number of nitrogens with one attached hydrogen (secondary N) is 2. The Labute approximate surface area is 183 Å². The lowest BCUT2D eigenvalue weighted by Crippen LogP contribution is -2.39. The van der Waals surface area contributed by atoms with Crippen LogP contribution in [-0.2, 0) is 6.18 Å². The van der Waals surface area contributed by atoms with Crippen molar-refractivity contribution in [3.8, 4) is 0 Å². The Morgan fingerprint density at radius 3 is 2.56 bits per heavy atom. The van der Waals surface area contributed by atoms with E-state index >= 15 is 0 Å². The maximum absolute atomic E-state index is 13.0. The van der Waals surface area contributed by atoms with Gasteiger partial charge in [0.25, 0.3) is 0 Å². The molecule has 2 N–H and O–H groups in total. The summed E-state index contributed by atoms with van der Waals surface area (Å²) in [6.07, 6.45) is -3.75. The van der Waals surface area contributed by atoms with Crippen LogP contribution in [0.1, 0.15) is 29.1 Å². The molecule has 0 spiro atoms. The molecule has 4 rings (SSSR count). The average Bonchev–Trinajstić information content (AvgIpc) is 3.16. The number of aryl methyl sites for hydroxylation is 3. The summed E-state index contributed by atoms with van der Waals surface area (Å²) in [5.74, 6) is 0.479. The van der Waals surface area contributed by atoms with E-state index in [1.807, 2.05) is 43.0 Å². The minimum atomic E-state index is -4.42. The first-order chi connectivity index (χ1) is 15.1. The van der Waals surface area contributed by atoms with Crippen LogP contribution >= 0.6 is 0 Å². The Bertz CT molecular complexity index is 1180. The van der Waals surface area contributed by atoms with E-state index in [9.17, 15) is 18.0 Å². The van der Waals surface area contributed by atoms with Crippen LogP contribution in [0, 0.1) is 20.8 Å². The van der Waals surface area contributed by atoms with Crippen molar-refractivity contribution >= 4 is 28.3 Å². The molecule has 6 nitrogen and oxygen atoms in total. The van der Waals surface area contributed by atoms with Gasteiger partial charge in [0.2, 0.25) is 0 Å². The molecule has 0 saturated carbocycles. The van der Waals surface area contributed by atoms with Gasteiger partial charge in [0.15, 0.2) is 0 Å². The van der Waals surface area contributed by atoms with Crippen molar-refractivity contribution in [3.05, 3.63) is 59.0 Å². The number of alkyl halides is 3. The number of hydrogen-bond donors (Lipinski definition) is 2. The predicted molar refractivity (Wildman–Crippen MR) is 118 cm³/mol. The average molecular weight is 443 g/mol. The number of urea groups is 1. The number of anilines is 2. The van der Waals surface area contributed by atoms with E-state index in [1.165, 1.54) is 13.0 Å². The van der Waals surface area contributed by atoms with E-state index in [-0.39, 0.29) is 17.8 Å². The Morgan fingerprint density at radius 1 is 1.06 bits per heavy atom. The van der Waals surface area contributed by atoms with Crippen LogP contribution in [0.3, 0.4) is 0 Å². The molecule has 1 aliphatic rings. The smallest absolute Gasteiger partial charge is 0.354 e. The van der Waals surface area contributed by atoms with E-state index in [2.05, 4.69) is 20.6 Å². The third-order valence-corrected chi connectivity index (χ3v) is 5.67. The van der Waals surface area contributed by atoms with Crippen LogP contribution in [0.25, 0.3) is 10.8 Å². The molecule has 32 heavy (non-hydrogen) atoms. The highest BCUT2D eigenvalue weighted by Gasteiger charge is 2.34. The number of amides is 2. The van der Waals surface area contributed by atoms with Crippen molar-refractivity contribution in [3.63, 3.8) is 0 Å². The van der Waals surface area contributed by atoms with Crippen molar-refractivity contribution < 1.29 is 18.0 Å². The Hall–Kier alpha value is -3.36. The van der Waals surface area contributed by atoms with Crippen molar-refractivity contribution in [2.24, 2.45) is 0 Å². The maximum atomic E-state index is 13.0. The summed E-state index contributed by atoms with van der Waals surface area (Å²) in [7, 11) is 0. The fraction of sp³-hybridized carbons (Fsp3) is 0.348. The second-order valence-electron chi connectivity index (χ2n) is 8.08. The number of halogens is 3. The Morgan fingerprint density at radius 2 is 1.84 bits per heavy atom. The maximum Gasteiger partial charge on any atom is 0.418 e. The summed E-state index contributed by atoms with van der Waals surface area (Å²) < 4.78 is 38.9. The zero-order valence-electron chi connectivity index (χ0n) is 18.0. The van der Waals surface area contributed by atoms with Crippen LogP contribution in [0.2, 0.25) is 0 Å². The lowest BCUT2D eigenvalue weighted by Gasteiger charge is -2.20. The minimum absolute atomic E-state index is 0.0554. The molecule has 0 aliphatic carbocycles. The number of pyridine rings is 2. The van der Waals surface area contributed by atoms with Crippen LogP contribution < -0.4 is 15.5 Å². The normalized spacial score (nSPS) is 16.4. The summed E-state index contributed by atoms with van der Waals surface area (Å²) in [6.45, 7) is 6.27. The number of fused-ring (bicyclic) bond motifs is 1. The molecule has 3 aromatic rings. The summed E-state index contributed by atoms with van der Waals surface area (Å²) in [5, 5.41) is 7.77. The summed E-state index contributed by atoms with van der Waals surface area (Å²) in [4.78, 5) is 23.1. The first-order valence-corrected chi connectivity index (χ1v) is 10.4. The molecule has 2 aromatic heterocycles. The van der Waals surface area contributed by atoms with E-state index in [4.69, 9.17) is 0 Å². The molecule has 0 radical (unpaired) electrons. The SMILES string of the molecule is Cc1cc2c(NC(=O)NC3CCN(c4ccc(C(F)(F)F)c(C)n4)C3)cccc2c(C)n1. The van der Waals surface area contributed by atoms with Gasteiger partial charge in [0, 0.05) is 41.3 Å². The number of benzene rings is 1. The monoisotopic (exact) mass is 443 g/mol. The number of rotatable bonds is 3. The number of aromatic nitrogens is 2. The molecule has 2 amide bonds. The highest BCUT2D eigenvalue weighted by molar-refractivity contribution is 6.02. The molecular weight excluding hydrogens is 419 g/mol. The molecule has 168 valence electrons. The molecule has 1 unspecified atom stereocenters. The largest absolute Gasteiger partial charge is 0.418 e. The van der Waals surface area contributed by atoms with Gasteiger partial charge in [-0.3, -0.25) is 4.98 Å². The zero-order chi connectivity index (χ0) is 23.0. The molecule has 9 heteroatoms. The lowest BCUT2D eigenvalue weighted by molar-refractivity contribution is -0.138. The lowest BCUT2D eigenvalue weighted by atomic mass is 10.1. The number of carbonyl (C=O) groups is 1. The van der Waals surface area contributed by atoms with Gasteiger partial charge in [-0.05, 0) is 51.5 Å². The number of hydrogen-bond acceptors (Lipinski definition) is 4. The zero-order valence-corrected chi connectivity index (χ0v) is 18.0. The van der Waals surface area contributed by atoms with Crippen LogP contribution in [0.5, 0.6) is 0 Å². The Balaban J connectivity index is 1.42. The van der Waals surface area contributed by atoms with Crippen molar-refractivity contribution in [1.82, 2.24) is 15.3 Å². The van der Waals surface area contributed by atoms with Gasteiger partial charge in [-0.25, -0.2) is 9.78 Å². The van der Waals surface area contributed by atoms with E-state index in [0.29, 0.717) is 31.0 Å². The first kappa shape index (κ1) is 21.9. The minimum Gasteiger partial charge on any atom is -0.354 e.